The number of carbonyl (C=O) groups excluding carboxylic acids is 1. The van der Waals surface area contributed by atoms with Gasteiger partial charge in [-0.1, -0.05) is 6.07 Å². The Morgan fingerprint density at radius 3 is 2.62 bits per heavy atom. The fourth-order valence-corrected chi connectivity index (χ4v) is 4.46. The largest absolute Gasteiger partial charge is 0.465 e. The number of methoxy groups -OCH3 is 1. The van der Waals surface area contributed by atoms with Gasteiger partial charge in [0, 0.05) is 32.0 Å². The van der Waals surface area contributed by atoms with Crippen LogP contribution >= 0.6 is 12.4 Å². The summed E-state index contributed by atoms with van der Waals surface area (Å²) in [5, 5.41) is 3.22. The molecular weight excluding hydrogens is 378 g/mol. The first-order valence-electron chi connectivity index (χ1n) is 7.85. The van der Waals surface area contributed by atoms with E-state index in [4.69, 9.17) is 0 Å². The van der Waals surface area contributed by atoms with Crippen molar-refractivity contribution in [1.82, 2.24) is 14.6 Å². The lowest BCUT2D eigenvalue weighted by molar-refractivity contribution is 0.0600. The number of benzene rings is 1. The summed E-state index contributed by atoms with van der Waals surface area (Å²) in [4.78, 5) is 15.8. The number of nitrogens with one attached hydrogen (secondary N) is 1. The molecule has 1 atom stereocenters. The number of halogens is 1. The van der Waals surface area contributed by atoms with Crippen LogP contribution in [0.4, 0.5) is 0 Å². The standard InChI is InChI=1S/C17H19N3O4S.ClH/c1-24-17(21)13-4-6-15(7-5-13)25(22,23)20-10-9-19-12-16(20)14-3-2-8-18-11-14;/h2-8,11,16,19H,9-10,12H2,1H3;1H. The van der Waals surface area contributed by atoms with E-state index < -0.39 is 16.0 Å². The van der Waals surface area contributed by atoms with Crippen LogP contribution in [0.3, 0.4) is 0 Å². The minimum Gasteiger partial charge on any atom is -0.465 e. The average molecular weight is 398 g/mol. The van der Waals surface area contributed by atoms with Gasteiger partial charge in [0.1, 0.15) is 0 Å². The van der Waals surface area contributed by atoms with E-state index in [-0.39, 0.29) is 23.3 Å². The van der Waals surface area contributed by atoms with Gasteiger partial charge in [0.25, 0.3) is 0 Å². The van der Waals surface area contributed by atoms with Gasteiger partial charge in [0.05, 0.1) is 23.6 Å². The molecule has 1 aromatic heterocycles. The van der Waals surface area contributed by atoms with Crippen LogP contribution in [0.1, 0.15) is 22.0 Å². The molecule has 0 amide bonds. The molecule has 9 heteroatoms. The highest BCUT2D eigenvalue weighted by Gasteiger charge is 2.34. The summed E-state index contributed by atoms with van der Waals surface area (Å²) in [5.74, 6) is -0.501. The Balaban J connectivity index is 0.00000243. The van der Waals surface area contributed by atoms with Gasteiger partial charge in [-0.05, 0) is 35.9 Å². The number of ether oxygens (including phenoxy) is 1. The summed E-state index contributed by atoms with van der Waals surface area (Å²) >= 11 is 0. The van der Waals surface area contributed by atoms with Crippen molar-refractivity contribution in [2.45, 2.75) is 10.9 Å². The van der Waals surface area contributed by atoms with Crippen molar-refractivity contribution in [1.29, 1.82) is 0 Å². The van der Waals surface area contributed by atoms with E-state index in [9.17, 15) is 13.2 Å². The van der Waals surface area contributed by atoms with Gasteiger partial charge in [-0.15, -0.1) is 12.4 Å². The fourth-order valence-electron chi connectivity index (χ4n) is 2.85. The summed E-state index contributed by atoms with van der Waals surface area (Å²) in [6, 6.07) is 9.12. The van der Waals surface area contributed by atoms with Crippen LogP contribution in [-0.2, 0) is 14.8 Å². The monoisotopic (exact) mass is 397 g/mol. The maximum Gasteiger partial charge on any atom is 0.337 e. The van der Waals surface area contributed by atoms with Crippen molar-refractivity contribution in [3.63, 3.8) is 0 Å². The number of esters is 1. The molecule has 2 aromatic rings. The average Bonchev–Trinajstić information content (AvgIpc) is 2.68. The predicted octanol–water partition coefficient (Wildman–Crippen LogP) is 1.63. The molecule has 0 saturated carbocycles. The van der Waals surface area contributed by atoms with Gasteiger partial charge in [-0.3, -0.25) is 4.98 Å². The first-order valence-corrected chi connectivity index (χ1v) is 9.29. The first-order chi connectivity index (χ1) is 12.0. The molecule has 1 unspecified atom stereocenters. The molecule has 140 valence electrons. The van der Waals surface area contributed by atoms with Crippen molar-refractivity contribution in [3.8, 4) is 0 Å². The van der Waals surface area contributed by atoms with Crippen molar-refractivity contribution in [2.75, 3.05) is 26.7 Å². The summed E-state index contributed by atoms with van der Waals surface area (Å²) in [6.07, 6.45) is 3.34. The van der Waals surface area contributed by atoms with E-state index in [1.165, 1.54) is 35.7 Å². The lowest BCUT2D eigenvalue weighted by Crippen LogP contribution is -2.48. The zero-order valence-electron chi connectivity index (χ0n) is 14.2. The third-order valence-electron chi connectivity index (χ3n) is 4.15. The number of rotatable bonds is 4. The minimum atomic E-state index is -3.70. The van der Waals surface area contributed by atoms with Crippen LogP contribution in [0.5, 0.6) is 0 Å². The second-order valence-electron chi connectivity index (χ2n) is 5.64. The van der Waals surface area contributed by atoms with Gasteiger partial charge in [0.2, 0.25) is 10.0 Å². The molecule has 1 aliphatic rings. The maximum atomic E-state index is 13.1. The Labute approximate surface area is 158 Å². The second kappa shape index (κ2) is 8.59. The van der Waals surface area contributed by atoms with Crippen molar-refractivity contribution in [3.05, 3.63) is 59.9 Å². The van der Waals surface area contributed by atoms with Gasteiger partial charge in [0.15, 0.2) is 0 Å². The Hall–Kier alpha value is -2.00. The first kappa shape index (κ1) is 20.3. The zero-order valence-corrected chi connectivity index (χ0v) is 15.8. The maximum absolute atomic E-state index is 13.1. The van der Waals surface area contributed by atoms with E-state index in [1.807, 2.05) is 6.07 Å². The number of pyridine rings is 1. The van der Waals surface area contributed by atoms with E-state index in [1.54, 1.807) is 18.5 Å². The molecule has 1 saturated heterocycles. The molecule has 7 nitrogen and oxygen atoms in total. The molecular formula is C17H20ClN3O4S. The predicted molar refractivity (Wildman–Crippen MR) is 98.8 cm³/mol. The lowest BCUT2D eigenvalue weighted by Gasteiger charge is -2.35. The molecule has 3 rings (SSSR count). The molecule has 1 aromatic carbocycles. The number of sulfonamides is 1. The number of nitrogens with zero attached hydrogens (tertiary/aromatic N) is 2. The minimum absolute atomic E-state index is 0. The summed E-state index contributed by atoms with van der Waals surface area (Å²) in [6.45, 7) is 1.46. The van der Waals surface area contributed by atoms with Crippen molar-refractivity contribution < 1.29 is 17.9 Å². The number of hydrogen-bond donors (Lipinski definition) is 1. The van der Waals surface area contributed by atoms with Gasteiger partial charge in [-0.25, -0.2) is 13.2 Å². The quantitative estimate of drug-likeness (QED) is 0.789. The van der Waals surface area contributed by atoms with Gasteiger partial charge in [-0.2, -0.15) is 4.31 Å². The highest BCUT2D eigenvalue weighted by molar-refractivity contribution is 7.89. The Kier molecular flexibility index (Phi) is 6.71. The number of piperazine rings is 1. The Morgan fingerprint density at radius 1 is 1.27 bits per heavy atom. The molecule has 0 bridgehead atoms. The summed E-state index contributed by atoms with van der Waals surface area (Å²) in [7, 11) is -2.41. The topological polar surface area (TPSA) is 88.6 Å². The Morgan fingerprint density at radius 2 is 2.00 bits per heavy atom. The molecule has 0 spiro atoms. The summed E-state index contributed by atoms with van der Waals surface area (Å²) in [5.41, 5.74) is 1.15. The third-order valence-corrected chi connectivity index (χ3v) is 6.07. The highest BCUT2D eigenvalue weighted by Crippen LogP contribution is 2.28. The van der Waals surface area contributed by atoms with Crippen LogP contribution in [0.15, 0.2) is 53.7 Å². The highest BCUT2D eigenvalue weighted by atomic mass is 35.5. The molecule has 0 radical (unpaired) electrons. The van der Waals surface area contributed by atoms with Crippen LogP contribution in [0.2, 0.25) is 0 Å². The molecule has 1 N–H and O–H groups in total. The molecule has 2 heterocycles. The van der Waals surface area contributed by atoms with Gasteiger partial charge >= 0.3 is 5.97 Å². The van der Waals surface area contributed by atoms with E-state index in [2.05, 4.69) is 15.0 Å². The van der Waals surface area contributed by atoms with Crippen LogP contribution in [-0.4, -0.2) is 50.4 Å². The normalized spacial score (nSPS) is 18.0. The molecule has 26 heavy (non-hydrogen) atoms. The van der Waals surface area contributed by atoms with Gasteiger partial charge < -0.3 is 10.1 Å². The van der Waals surface area contributed by atoms with E-state index in [0.29, 0.717) is 25.2 Å². The van der Waals surface area contributed by atoms with Crippen LogP contribution in [0, 0.1) is 0 Å². The van der Waals surface area contributed by atoms with E-state index in [0.717, 1.165) is 5.56 Å². The fraction of sp³-hybridized carbons (Fsp3) is 0.294. The molecule has 1 fully saturated rings. The van der Waals surface area contributed by atoms with Crippen molar-refractivity contribution in [2.24, 2.45) is 0 Å². The number of hydrogen-bond acceptors (Lipinski definition) is 6. The number of carbonyl (C=O) groups is 1. The molecule has 0 aliphatic carbocycles. The van der Waals surface area contributed by atoms with E-state index >= 15 is 0 Å². The van der Waals surface area contributed by atoms with Crippen LogP contribution in [0.25, 0.3) is 0 Å². The van der Waals surface area contributed by atoms with Crippen LogP contribution < -0.4 is 5.32 Å². The lowest BCUT2D eigenvalue weighted by atomic mass is 10.1. The number of aromatic nitrogens is 1. The smallest absolute Gasteiger partial charge is 0.337 e. The summed E-state index contributed by atoms with van der Waals surface area (Å²) < 4.78 is 32.3. The SMILES string of the molecule is COC(=O)c1ccc(S(=O)(=O)N2CCNCC2c2cccnc2)cc1.Cl. The second-order valence-corrected chi connectivity index (χ2v) is 7.53. The third kappa shape index (κ3) is 4.04. The zero-order chi connectivity index (χ0) is 17.9. The Bertz CT molecular complexity index is 844. The molecule has 1 aliphatic heterocycles. The van der Waals surface area contributed by atoms with Crippen molar-refractivity contribution >= 4 is 28.4 Å².